The van der Waals surface area contributed by atoms with Gasteiger partial charge in [0.05, 0.1) is 0 Å². The van der Waals surface area contributed by atoms with Crippen molar-refractivity contribution in [3.63, 3.8) is 0 Å². The van der Waals surface area contributed by atoms with E-state index < -0.39 is 24.2 Å². The summed E-state index contributed by atoms with van der Waals surface area (Å²) in [5.41, 5.74) is 2.76. The van der Waals surface area contributed by atoms with Crippen LogP contribution in [0.15, 0.2) is 103 Å². The van der Waals surface area contributed by atoms with E-state index in [0.717, 1.165) is 11.1 Å². The first-order valence-electron chi connectivity index (χ1n) is 11.3. The largest absolute Gasteiger partial charge is 0.451 e. The van der Waals surface area contributed by atoms with Crippen molar-refractivity contribution in [1.29, 1.82) is 0 Å². The quantitative estimate of drug-likeness (QED) is 0.326. The first kappa shape index (κ1) is 22.9. The van der Waals surface area contributed by atoms with E-state index in [1.807, 2.05) is 66.7 Å². The second kappa shape index (κ2) is 9.80. The lowest BCUT2D eigenvalue weighted by atomic mass is 9.97. The fourth-order valence-electron chi connectivity index (χ4n) is 4.40. The molecule has 2 fully saturated rings. The zero-order valence-corrected chi connectivity index (χ0v) is 19.7. The molecule has 35 heavy (non-hydrogen) atoms. The normalized spacial score (nSPS) is 21.2. The molecule has 2 heterocycles. The SMILES string of the molecule is C=C1CS[C@@H]2[C@H](NC(=O)c3ccccc3)C(=O)N2C1C(=O)OC(c1ccccc1)c1ccccc1. The van der Waals surface area contributed by atoms with Crippen LogP contribution >= 0.6 is 11.8 Å². The van der Waals surface area contributed by atoms with Crippen LogP contribution < -0.4 is 5.32 Å². The Labute approximate surface area is 208 Å². The van der Waals surface area contributed by atoms with Gasteiger partial charge in [-0.2, -0.15) is 0 Å². The van der Waals surface area contributed by atoms with E-state index in [-0.39, 0.29) is 17.2 Å². The van der Waals surface area contributed by atoms with Crippen LogP contribution in [0.4, 0.5) is 0 Å². The van der Waals surface area contributed by atoms with Crippen molar-refractivity contribution in [2.45, 2.75) is 23.6 Å². The van der Waals surface area contributed by atoms with E-state index in [1.54, 1.807) is 24.3 Å². The van der Waals surface area contributed by atoms with Gasteiger partial charge in [0.25, 0.3) is 5.91 Å². The van der Waals surface area contributed by atoms with Gasteiger partial charge in [-0.15, -0.1) is 11.8 Å². The Morgan fingerprint density at radius 1 is 0.914 bits per heavy atom. The number of fused-ring (bicyclic) bond motifs is 1. The lowest BCUT2D eigenvalue weighted by molar-refractivity contribution is -0.164. The number of amides is 2. The number of thioether (sulfide) groups is 1. The van der Waals surface area contributed by atoms with E-state index in [9.17, 15) is 14.4 Å². The molecule has 3 aromatic carbocycles. The van der Waals surface area contributed by atoms with Crippen molar-refractivity contribution in [2.24, 2.45) is 0 Å². The maximum atomic E-state index is 13.5. The van der Waals surface area contributed by atoms with E-state index >= 15 is 0 Å². The first-order chi connectivity index (χ1) is 17.0. The summed E-state index contributed by atoms with van der Waals surface area (Å²) < 4.78 is 6.03. The van der Waals surface area contributed by atoms with E-state index in [1.165, 1.54) is 16.7 Å². The maximum absolute atomic E-state index is 13.5. The van der Waals surface area contributed by atoms with Gasteiger partial charge in [0.1, 0.15) is 11.4 Å². The molecule has 5 rings (SSSR count). The third-order valence-corrected chi connectivity index (χ3v) is 7.55. The molecule has 6 nitrogen and oxygen atoms in total. The molecule has 0 aromatic heterocycles. The summed E-state index contributed by atoms with van der Waals surface area (Å²) in [7, 11) is 0. The highest BCUT2D eigenvalue weighted by Crippen LogP contribution is 2.41. The molecule has 0 spiro atoms. The molecule has 0 saturated carbocycles. The number of β-lactam (4-membered cyclic amide) rings is 1. The van der Waals surface area contributed by atoms with E-state index in [4.69, 9.17) is 4.74 Å². The highest BCUT2D eigenvalue weighted by Gasteiger charge is 2.56. The van der Waals surface area contributed by atoms with Crippen molar-refractivity contribution < 1.29 is 19.1 Å². The Kier molecular flexibility index (Phi) is 6.42. The van der Waals surface area contributed by atoms with Crippen LogP contribution in [-0.4, -0.2) is 45.9 Å². The lowest BCUT2D eigenvalue weighted by Crippen LogP contribution is -2.74. The van der Waals surface area contributed by atoms with Crippen molar-refractivity contribution in [3.8, 4) is 0 Å². The lowest BCUT2D eigenvalue weighted by Gasteiger charge is -2.52. The fourth-order valence-corrected chi connectivity index (χ4v) is 5.70. The summed E-state index contributed by atoms with van der Waals surface area (Å²) in [6.45, 7) is 4.05. The third kappa shape index (κ3) is 4.47. The number of hydrogen-bond acceptors (Lipinski definition) is 5. The molecular formula is C28H24N2O4S. The number of carbonyl (C=O) groups excluding carboxylic acids is 3. The van der Waals surface area contributed by atoms with Crippen LogP contribution in [0.3, 0.4) is 0 Å². The third-order valence-electron chi connectivity index (χ3n) is 6.17. The predicted octanol–water partition coefficient (Wildman–Crippen LogP) is 3.96. The molecule has 1 unspecified atom stereocenters. The van der Waals surface area contributed by atoms with E-state index in [0.29, 0.717) is 16.9 Å². The summed E-state index contributed by atoms with van der Waals surface area (Å²) >= 11 is 1.49. The number of hydrogen-bond donors (Lipinski definition) is 1. The molecule has 2 aliphatic heterocycles. The number of carbonyl (C=O) groups is 3. The number of nitrogens with one attached hydrogen (secondary N) is 1. The van der Waals surface area contributed by atoms with Gasteiger partial charge >= 0.3 is 5.97 Å². The second-order valence-corrected chi connectivity index (χ2v) is 9.57. The predicted molar refractivity (Wildman–Crippen MR) is 135 cm³/mol. The molecule has 0 bridgehead atoms. The van der Waals surface area contributed by atoms with Gasteiger partial charge in [0.15, 0.2) is 12.1 Å². The highest BCUT2D eigenvalue weighted by molar-refractivity contribution is 8.00. The summed E-state index contributed by atoms with van der Waals surface area (Å²) in [6, 6.07) is 26.2. The first-order valence-corrected chi connectivity index (χ1v) is 12.4. The minimum absolute atomic E-state index is 0.314. The topological polar surface area (TPSA) is 75.7 Å². The molecule has 2 amide bonds. The Balaban J connectivity index is 1.34. The Bertz CT molecular complexity index is 1210. The van der Waals surface area contributed by atoms with E-state index in [2.05, 4.69) is 11.9 Å². The molecule has 3 aromatic rings. The van der Waals surface area contributed by atoms with Crippen molar-refractivity contribution >= 4 is 29.5 Å². The average Bonchev–Trinajstić information content (AvgIpc) is 2.91. The molecule has 0 radical (unpaired) electrons. The molecule has 0 aliphatic carbocycles. The fraction of sp³-hybridized carbons (Fsp3) is 0.179. The molecule has 2 saturated heterocycles. The number of benzene rings is 3. The maximum Gasteiger partial charge on any atom is 0.334 e. The Morgan fingerprint density at radius 3 is 2.03 bits per heavy atom. The number of ether oxygens (including phenoxy) is 1. The summed E-state index contributed by atoms with van der Waals surface area (Å²) in [5, 5.41) is 2.46. The van der Waals surface area contributed by atoms with Gasteiger partial charge in [-0.3, -0.25) is 9.59 Å². The summed E-state index contributed by atoms with van der Waals surface area (Å²) in [4.78, 5) is 40.7. The van der Waals surface area contributed by atoms with Gasteiger partial charge < -0.3 is 15.0 Å². The average molecular weight is 485 g/mol. The smallest absolute Gasteiger partial charge is 0.334 e. The van der Waals surface area contributed by atoms with Crippen LogP contribution in [0.2, 0.25) is 0 Å². The zero-order chi connectivity index (χ0) is 24.4. The zero-order valence-electron chi connectivity index (χ0n) is 18.9. The standard InChI is InChI=1S/C28H24N2O4S/c1-18-17-35-27-22(29-25(31)21-15-9-4-10-16-21)26(32)30(27)23(18)28(33)34-24(19-11-5-2-6-12-19)20-13-7-3-8-14-20/h2-16,22-24,27H,1,17H2,(H,29,31)/t22-,23?,27-/m1/s1. The molecular weight excluding hydrogens is 460 g/mol. The summed E-state index contributed by atoms with van der Waals surface area (Å²) in [6.07, 6.45) is -0.615. The molecule has 3 atom stereocenters. The number of rotatable bonds is 6. The highest BCUT2D eigenvalue weighted by atomic mass is 32.2. The Morgan fingerprint density at radius 2 is 1.46 bits per heavy atom. The molecule has 7 heteroatoms. The van der Waals surface area contributed by atoms with Gasteiger partial charge in [-0.25, -0.2) is 4.79 Å². The summed E-state index contributed by atoms with van der Waals surface area (Å²) in [5.74, 6) is -0.668. The van der Waals surface area contributed by atoms with Crippen LogP contribution in [0.1, 0.15) is 27.6 Å². The number of nitrogens with zero attached hydrogens (tertiary/aromatic N) is 1. The molecule has 1 N–H and O–H groups in total. The monoisotopic (exact) mass is 484 g/mol. The van der Waals surface area contributed by atoms with Crippen LogP contribution in [0.5, 0.6) is 0 Å². The van der Waals surface area contributed by atoms with Crippen LogP contribution in [0, 0.1) is 0 Å². The minimum Gasteiger partial charge on any atom is -0.451 e. The van der Waals surface area contributed by atoms with Crippen molar-refractivity contribution in [2.75, 3.05) is 5.75 Å². The van der Waals surface area contributed by atoms with Crippen molar-refractivity contribution in [1.82, 2.24) is 10.2 Å². The molecule has 2 aliphatic rings. The van der Waals surface area contributed by atoms with Crippen LogP contribution in [-0.2, 0) is 14.3 Å². The van der Waals surface area contributed by atoms with Crippen LogP contribution in [0.25, 0.3) is 0 Å². The Hall–Kier alpha value is -3.84. The van der Waals surface area contributed by atoms with Crippen molar-refractivity contribution in [3.05, 3.63) is 120 Å². The van der Waals surface area contributed by atoms with Gasteiger partial charge in [-0.1, -0.05) is 85.4 Å². The van der Waals surface area contributed by atoms with Gasteiger partial charge in [0, 0.05) is 11.3 Å². The number of esters is 1. The van der Waals surface area contributed by atoms with Gasteiger partial charge in [0.2, 0.25) is 5.91 Å². The second-order valence-electron chi connectivity index (χ2n) is 8.46. The minimum atomic E-state index is -0.895. The van der Waals surface area contributed by atoms with Gasteiger partial charge in [-0.05, 0) is 28.8 Å². The molecule has 176 valence electrons.